The van der Waals surface area contributed by atoms with Gasteiger partial charge in [-0.1, -0.05) is 36.9 Å². The summed E-state index contributed by atoms with van der Waals surface area (Å²) in [6, 6.07) is 9.75. The van der Waals surface area contributed by atoms with Crippen molar-refractivity contribution in [2.45, 2.75) is 0 Å². The predicted molar refractivity (Wildman–Crippen MR) is 57.8 cm³/mol. The van der Waals surface area contributed by atoms with Crippen LogP contribution >= 0.6 is 11.6 Å². The van der Waals surface area contributed by atoms with Gasteiger partial charge < -0.3 is 5.32 Å². The molecule has 0 saturated carbocycles. The molecule has 1 rings (SSSR count). The van der Waals surface area contributed by atoms with E-state index in [2.05, 4.69) is 16.9 Å². The van der Waals surface area contributed by atoms with Crippen LogP contribution in [0.4, 0.5) is 0 Å². The first-order valence-corrected chi connectivity index (χ1v) is 4.25. The Labute approximate surface area is 83.0 Å². The van der Waals surface area contributed by atoms with Crippen molar-refractivity contribution in [2.24, 2.45) is 4.99 Å². The summed E-state index contributed by atoms with van der Waals surface area (Å²) < 4.78 is 0. The van der Waals surface area contributed by atoms with Crippen molar-refractivity contribution in [2.75, 3.05) is 7.05 Å². The zero-order valence-corrected chi connectivity index (χ0v) is 8.17. The SMILES string of the molecule is C=C(NC(Cl)=NC)c1ccccc1. The maximum Gasteiger partial charge on any atom is 0.195 e. The Morgan fingerprint density at radius 2 is 2.00 bits per heavy atom. The molecule has 0 unspecified atom stereocenters. The van der Waals surface area contributed by atoms with Crippen molar-refractivity contribution in [3.63, 3.8) is 0 Å². The number of nitrogens with zero attached hydrogens (tertiary/aromatic N) is 1. The van der Waals surface area contributed by atoms with Gasteiger partial charge in [-0.3, -0.25) is 4.99 Å². The third-order valence-corrected chi connectivity index (χ3v) is 1.84. The van der Waals surface area contributed by atoms with E-state index in [-0.39, 0.29) is 0 Å². The Morgan fingerprint density at radius 3 is 2.54 bits per heavy atom. The van der Waals surface area contributed by atoms with E-state index < -0.39 is 0 Å². The van der Waals surface area contributed by atoms with E-state index in [0.717, 1.165) is 11.3 Å². The average molecular weight is 195 g/mol. The van der Waals surface area contributed by atoms with Gasteiger partial charge in [-0.2, -0.15) is 0 Å². The lowest BCUT2D eigenvalue weighted by atomic mass is 10.2. The molecule has 0 aliphatic rings. The number of aliphatic imine (C=N–C) groups is 1. The predicted octanol–water partition coefficient (Wildman–Crippen LogP) is 2.47. The number of nitrogens with one attached hydrogen (secondary N) is 1. The molecule has 1 N–H and O–H groups in total. The number of hydrogen-bond donors (Lipinski definition) is 1. The molecular weight excluding hydrogens is 184 g/mol. The molecule has 0 saturated heterocycles. The number of halogens is 1. The Balaban J connectivity index is 2.70. The van der Waals surface area contributed by atoms with Gasteiger partial charge in [0.15, 0.2) is 5.29 Å². The summed E-state index contributed by atoms with van der Waals surface area (Å²) in [6.45, 7) is 3.84. The maximum absolute atomic E-state index is 5.69. The first-order chi connectivity index (χ1) is 6.24. The third-order valence-electron chi connectivity index (χ3n) is 1.57. The second-order valence-corrected chi connectivity index (χ2v) is 2.84. The number of hydrogen-bond acceptors (Lipinski definition) is 1. The van der Waals surface area contributed by atoms with E-state index in [1.165, 1.54) is 0 Å². The summed E-state index contributed by atoms with van der Waals surface area (Å²) in [5.74, 6) is 0. The largest absolute Gasteiger partial charge is 0.331 e. The molecule has 0 spiro atoms. The van der Waals surface area contributed by atoms with Crippen LogP contribution in [0.25, 0.3) is 5.70 Å². The van der Waals surface area contributed by atoms with Gasteiger partial charge in [-0.25, -0.2) is 0 Å². The van der Waals surface area contributed by atoms with Gasteiger partial charge in [0.2, 0.25) is 0 Å². The van der Waals surface area contributed by atoms with Crippen molar-refractivity contribution >= 4 is 22.6 Å². The second-order valence-electron chi connectivity index (χ2n) is 2.48. The summed E-state index contributed by atoms with van der Waals surface area (Å²) in [7, 11) is 1.62. The van der Waals surface area contributed by atoms with E-state index in [1.807, 2.05) is 30.3 Å². The van der Waals surface area contributed by atoms with Crippen LogP contribution in [0, 0.1) is 0 Å². The van der Waals surface area contributed by atoms with Crippen LogP contribution in [0.1, 0.15) is 5.56 Å². The minimum Gasteiger partial charge on any atom is -0.331 e. The highest BCUT2D eigenvalue weighted by molar-refractivity contribution is 6.65. The van der Waals surface area contributed by atoms with Crippen molar-refractivity contribution < 1.29 is 0 Å². The van der Waals surface area contributed by atoms with Gasteiger partial charge >= 0.3 is 0 Å². The number of benzene rings is 1. The zero-order chi connectivity index (χ0) is 9.68. The molecule has 0 aliphatic carbocycles. The van der Waals surface area contributed by atoms with Gasteiger partial charge in [-0.05, 0) is 17.2 Å². The van der Waals surface area contributed by atoms with E-state index >= 15 is 0 Å². The Kier molecular flexibility index (Phi) is 3.53. The summed E-state index contributed by atoms with van der Waals surface area (Å²) in [5, 5.41) is 3.21. The van der Waals surface area contributed by atoms with Gasteiger partial charge in [0.25, 0.3) is 0 Å². The molecule has 13 heavy (non-hydrogen) atoms. The fraction of sp³-hybridized carbons (Fsp3) is 0.100. The molecule has 0 fully saturated rings. The molecule has 1 aromatic carbocycles. The van der Waals surface area contributed by atoms with Gasteiger partial charge in [0.1, 0.15) is 0 Å². The normalized spacial score (nSPS) is 11.1. The Bertz CT molecular complexity index is 317. The van der Waals surface area contributed by atoms with Crippen LogP contribution in [0.15, 0.2) is 41.9 Å². The summed E-state index contributed by atoms with van der Waals surface area (Å²) in [5.41, 5.74) is 1.75. The molecule has 0 aromatic heterocycles. The minimum absolute atomic E-state index is 0.342. The highest BCUT2D eigenvalue weighted by atomic mass is 35.5. The molecule has 2 nitrogen and oxygen atoms in total. The van der Waals surface area contributed by atoms with Crippen molar-refractivity contribution in [1.82, 2.24) is 5.32 Å². The van der Waals surface area contributed by atoms with Crippen molar-refractivity contribution in [3.8, 4) is 0 Å². The second kappa shape index (κ2) is 4.67. The molecule has 0 bridgehead atoms. The molecule has 0 aliphatic heterocycles. The van der Waals surface area contributed by atoms with Crippen LogP contribution in [0.3, 0.4) is 0 Å². The van der Waals surface area contributed by atoms with Crippen LogP contribution in [0.5, 0.6) is 0 Å². The van der Waals surface area contributed by atoms with Crippen LogP contribution < -0.4 is 5.32 Å². The van der Waals surface area contributed by atoms with Crippen LogP contribution in [-0.4, -0.2) is 12.3 Å². The topological polar surface area (TPSA) is 24.4 Å². The van der Waals surface area contributed by atoms with Crippen molar-refractivity contribution in [1.29, 1.82) is 0 Å². The van der Waals surface area contributed by atoms with E-state index in [9.17, 15) is 0 Å². The Hall–Kier alpha value is -1.28. The Morgan fingerprint density at radius 1 is 1.38 bits per heavy atom. The standard InChI is InChI=1S/C10H11ClN2/c1-8(13-10(11)12-2)9-6-4-3-5-7-9/h3-7H,1H2,2H3,(H,12,13). The monoisotopic (exact) mass is 194 g/mol. The highest BCUT2D eigenvalue weighted by Crippen LogP contribution is 2.08. The van der Waals surface area contributed by atoms with Gasteiger partial charge in [0, 0.05) is 12.7 Å². The van der Waals surface area contributed by atoms with Crippen molar-refractivity contribution in [3.05, 3.63) is 42.5 Å². The van der Waals surface area contributed by atoms with Gasteiger partial charge in [0.05, 0.1) is 0 Å². The fourth-order valence-electron chi connectivity index (χ4n) is 0.892. The van der Waals surface area contributed by atoms with E-state index in [1.54, 1.807) is 7.05 Å². The lowest BCUT2D eigenvalue weighted by Crippen LogP contribution is -2.15. The number of rotatable bonds is 2. The smallest absolute Gasteiger partial charge is 0.195 e. The number of amidine groups is 1. The first-order valence-electron chi connectivity index (χ1n) is 3.87. The molecule has 1 aromatic rings. The zero-order valence-electron chi connectivity index (χ0n) is 7.42. The molecule has 0 radical (unpaired) electrons. The molecule has 0 atom stereocenters. The maximum atomic E-state index is 5.69. The molecule has 0 heterocycles. The molecule has 0 amide bonds. The lowest BCUT2D eigenvalue weighted by Gasteiger charge is -2.06. The fourth-order valence-corrected chi connectivity index (χ4v) is 1.01. The van der Waals surface area contributed by atoms with E-state index in [4.69, 9.17) is 11.6 Å². The first kappa shape index (κ1) is 9.81. The molecule has 3 heteroatoms. The van der Waals surface area contributed by atoms with Crippen LogP contribution in [-0.2, 0) is 0 Å². The average Bonchev–Trinajstić information content (AvgIpc) is 2.19. The summed E-state index contributed by atoms with van der Waals surface area (Å²) in [6.07, 6.45) is 0. The quantitative estimate of drug-likeness (QED) is 0.437. The van der Waals surface area contributed by atoms with Crippen LogP contribution in [0.2, 0.25) is 0 Å². The lowest BCUT2D eigenvalue weighted by molar-refractivity contribution is 1.28. The van der Waals surface area contributed by atoms with E-state index in [0.29, 0.717) is 5.29 Å². The third kappa shape index (κ3) is 2.92. The molecular formula is C10H11ClN2. The minimum atomic E-state index is 0.342. The summed E-state index contributed by atoms with van der Waals surface area (Å²) in [4.78, 5) is 3.76. The summed E-state index contributed by atoms with van der Waals surface area (Å²) >= 11 is 5.69. The molecule has 68 valence electrons. The highest BCUT2D eigenvalue weighted by Gasteiger charge is 1.98. The van der Waals surface area contributed by atoms with Gasteiger partial charge in [-0.15, -0.1) is 0 Å².